The molecule has 3 aromatic rings. The molecule has 1 aromatic heterocycles. The van der Waals surface area contributed by atoms with Crippen LogP contribution < -0.4 is 10.6 Å². The zero-order chi connectivity index (χ0) is 20.9. The van der Waals surface area contributed by atoms with E-state index in [-0.39, 0.29) is 11.8 Å². The summed E-state index contributed by atoms with van der Waals surface area (Å²) in [5.41, 5.74) is 3.47. The summed E-state index contributed by atoms with van der Waals surface area (Å²) in [7, 11) is 0. The van der Waals surface area contributed by atoms with Gasteiger partial charge in [-0.2, -0.15) is 0 Å². The lowest BCUT2D eigenvalue weighted by molar-refractivity contribution is -0.112. The summed E-state index contributed by atoms with van der Waals surface area (Å²) in [5, 5.41) is 6.99. The van der Waals surface area contributed by atoms with E-state index < -0.39 is 0 Å². The van der Waals surface area contributed by atoms with Gasteiger partial charge in [0.05, 0.1) is 6.61 Å². The van der Waals surface area contributed by atoms with Crippen molar-refractivity contribution in [2.45, 2.75) is 13.3 Å². The zero-order valence-electron chi connectivity index (χ0n) is 16.7. The minimum atomic E-state index is -0.187. The molecular formula is C23H23N3O3S. The van der Waals surface area contributed by atoms with Crippen LogP contribution in [0.1, 0.15) is 22.8 Å². The quantitative estimate of drug-likeness (QED) is 0.560. The van der Waals surface area contributed by atoms with Crippen LogP contribution in [0.2, 0.25) is 0 Å². The summed E-state index contributed by atoms with van der Waals surface area (Å²) in [6.45, 7) is 2.96. The Morgan fingerprint density at radius 3 is 2.70 bits per heavy atom. The monoisotopic (exact) mass is 421 g/mol. The Morgan fingerprint density at radius 2 is 1.90 bits per heavy atom. The van der Waals surface area contributed by atoms with Crippen molar-refractivity contribution in [2.24, 2.45) is 0 Å². The first-order valence-electron chi connectivity index (χ1n) is 9.83. The van der Waals surface area contributed by atoms with Crippen LogP contribution in [0.4, 0.5) is 5.69 Å². The number of para-hydroxylation sites is 1. The van der Waals surface area contributed by atoms with E-state index in [2.05, 4.69) is 21.7 Å². The van der Waals surface area contributed by atoms with E-state index in [9.17, 15) is 9.59 Å². The molecule has 3 N–H and O–H groups in total. The van der Waals surface area contributed by atoms with Gasteiger partial charge in [0.15, 0.2) is 0 Å². The van der Waals surface area contributed by atoms with Crippen molar-refractivity contribution < 1.29 is 14.3 Å². The highest BCUT2D eigenvalue weighted by Gasteiger charge is 2.19. The minimum absolute atomic E-state index is 0.137. The second-order valence-corrected chi connectivity index (χ2v) is 8.08. The molecule has 0 bridgehead atoms. The maximum Gasteiger partial charge on any atom is 0.265 e. The van der Waals surface area contributed by atoms with Crippen LogP contribution >= 0.6 is 11.8 Å². The van der Waals surface area contributed by atoms with Crippen molar-refractivity contribution in [3.8, 4) is 0 Å². The molecule has 0 fully saturated rings. The van der Waals surface area contributed by atoms with E-state index in [0.717, 1.165) is 17.7 Å². The number of aromatic amines is 1. The number of amides is 2. The van der Waals surface area contributed by atoms with Crippen LogP contribution in [0.25, 0.3) is 10.9 Å². The molecule has 0 saturated heterocycles. The number of H-pyrrole nitrogens is 1. The molecule has 1 aliphatic rings. The molecule has 30 heavy (non-hydrogen) atoms. The van der Waals surface area contributed by atoms with E-state index in [1.165, 1.54) is 22.7 Å². The Hall–Kier alpha value is -3.19. The molecule has 7 heteroatoms. The molecule has 6 nitrogen and oxygen atoms in total. The second kappa shape index (κ2) is 9.09. The standard InChI is InChI=1S/C23H23N3O3S/c1-15-21(30-13-12-29-15)23(28)26-18-8-6-16(7-9-18)22(27)24-11-10-17-14-25-20-5-3-2-4-19(17)20/h2-9,14,25H,10-13H2,1H3,(H,24,27)(H,26,28). The Balaban J connectivity index is 1.31. The predicted octanol–water partition coefficient (Wildman–Crippen LogP) is 4.07. The van der Waals surface area contributed by atoms with E-state index in [4.69, 9.17) is 4.74 Å². The first-order valence-corrected chi connectivity index (χ1v) is 10.8. The Morgan fingerprint density at radius 1 is 1.10 bits per heavy atom. The number of carbonyl (C=O) groups is 2. The third-order valence-corrected chi connectivity index (χ3v) is 6.07. The number of aromatic nitrogens is 1. The second-order valence-electron chi connectivity index (χ2n) is 6.98. The minimum Gasteiger partial charge on any atom is -0.496 e. The van der Waals surface area contributed by atoms with Crippen LogP contribution in [0.15, 0.2) is 65.4 Å². The number of anilines is 1. The van der Waals surface area contributed by atoms with Gasteiger partial charge in [-0.25, -0.2) is 0 Å². The molecule has 0 radical (unpaired) electrons. The summed E-state index contributed by atoms with van der Waals surface area (Å²) >= 11 is 1.49. The maximum atomic E-state index is 12.4. The smallest absolute Gasteiger partial charge is 0.265 e. The number of hydrogen-bond donors (Lipinski definition) is 3. The average Bonchev–Trinajstić information content (AvgIpc) is 3.17. The number of carbonyl (C=O) groups excluding carboxylic acids is 2. The Kier molecular flexibility index (Phi) is 6.09. The molecule has 0 unspecified atom stereocenters. The van der Waals surface area contributed by atoms with Crippen LogP contribution in [0.5, 0.6) is 0 Å². The third kappa shape index (κ3) is 4.52. The van der Waals surface area contributed by atoms with Crippen molar-refractivity contribution in [2.75, 3.05) is 24.2 Å². The molecule has 0 aliphatic carbocycles. The highest BCUT2D eigenvalue weighted by Crippen LogP contribution is 2.26. The van der Waals surface area contributed by atoms with Crippen LogP contribution in [-0.2, 0) is 16.0 Å². The lowest BCUT2D eigenvalue weighted by atomic mass is 10.1. The lowest BCUT2D eigenvalue weighted by Gasteiger charge is -2.17. The molecule has 2 aromatic carbocycles. The van der Waals surface area contributed by atoms with Gasteiger partial charge >= 0.3 is 0 Å². The van der Waals surface area contributed by atoms with E-state index in [1.54, 1.807) is 31.2 Å². The first-order chi connectivity index (χ1) is 14.6. The fourth-order valence-electron chi connectivity index (χ4n) is 3.38. The Labute approximate surface area is 179 Å². The van der Waals surface area contributed by atoms with Gasteiger partial charge in [0, 0.05) is 40.6 Å². The van der Waals surface area contributed by atoms with Gasteiger partial charge in [0.25, 0.3) is 11.8 Å². The summed E-state index contributed by atoms with van der Waals surface area (Å²) in [6.07, 6.45) is 2.74. The SMILES string of the molecule is CC1=C(C(=O)Nc2ccc(C(=O)NCCc3c[nH]c4ccccc34)cc2)SCCO1. The summed E-state index contributed by atoms with van der Waals surface area (Å²) in [4.78, 5) is 28.7. The van der Waals surface area contributed by atoms with Crippen molar-refractivity contribution in [1.82, 2.24) is 10.3 Å². The van der Waals surface area contributed by atoms with Gasteiger partial charge in [-0.05, 0) is 49.2 Å². The number of rotatable bonds is 6. The number of benzene rings is 2. The number of hydrogen-bond acceptors (Lipinski definition) is 4. The van der Waals surface area contributed by atoms with Crippen LogP contribution in [0.3, 0.4) is 0 Å². The lowest BCUT2D eigenvalue weighted by Crippen LogP contribution is -2.25. The molecule has 2 heterocycles. The summed E-state index contributed by atoms with van der Waals surface area (Å²) < 4.78 is 5.43. The van der Waals surface area contributed by atoms with E-state index >= 15 is 0 Å². The number of thioether (sulfide) groups is 1. The van der Waals surface area contributed by atoms with E-state index in [0.29, 0.717) is 35.1 Å². The molecule has 0 atom stereocenters. The van der Waals surface area contributed by atoms with Crippen LogP contribution in [-0.4, -0.2) is 35.7 Å². The third-order valence-electron chi connectivity index (χ3n) is 4.93. The van der Waals surface area contributed by atoms with Gasteiger partial charge < -0.3 is 20.4 Å². The van der Waals surface area contributed by atoms with Crippen LogP contribution in [0, 0.1) is 0 Å². The van der Waals surface area contributed by atoms with Gasteiger partial charge in [0.2, 0.25) is 0 Å². The number of fused-ring (bicyclic) bond motifs is 1. The largest absolute Gasteiger partial charge is 0.496 e. The first kappa shape index (κ1) is 20.1. The van der Waals surface area contributed by atoms with E-state index in [1.807, 2.05) is 24.4 Å². The number of nitrogens with one attached hydrogen (secondary N) is 3. The van der Waals surface area contributed by atoms with Crippen molar-refractivity contribution in [3.63, 3.8) is 0 Å². The molecular weight excluding hydrogens is 398 g/mol. The predicted molar refractivity (Wildman–Crippen MR) is 121 cm³/mol. The van der Waals surface area contributed by atoms with Gasteiger partial charge in [-0.1, -0.05) is 18.2 Å². The summed E-state index contributed by atoms with van der Waals surface area (Å²) in [6, 6.07) is 15.0. The zero-order valence-corrected chi connectivity index (χ0v) is 17.5. The van der Waals surface area contributed by atoms with Gasteiger partial charge in [0.1, 0.15) is 10.7 Å². The van der Waals surface area contributed by atoms with Crippen molar-refractivity contribution in [1.29, 1.82) is 0 Å². The maximum absolute atomic E-state index is 12.4. The molecule has 0 saturated carbocycles. The highest BCUT2D eigenvalue weighted by molar-refractivity contribution is 8.04. The van der Waals surface area contributed by atoms with Crippen molar-refractivity contribution in [3.05, 3.63) is 76.5 Å². The number of allylic oxidation sites excluding steroid dienone is 1. The Bertz CT molecular complexity index is 1100. The fraction of sp³-hybridized carbons (Fsp3) is 0.217. The molecule has 1 aliphatic heterocycles. The normalized spacial score (nSPS) is 13.8. The van der Waals surface area contributed by atoms with Crippen molar-refractivity contribution >= 4 is 40.2 Å². The molecule has 0 spiro atoms. The van der Waals surface area contributed by atoms with Gasteiger partial charge in [-0.15, -0.1) is 11.8 Å². The molecule has 154 valence electrons. The average molecular weight is 422 g/mol. The fourth-order valence-corrected chi connectivity index (χ4v) is 4.19. The highest BCUT2D eigenvalue weighted by atomic mass is 32.2. The van der Waals surface area contributed by atoms with Gasteiger partial charge in [-0.3, -0.25) is 9.59 Å². The number of ether oxygens (including phenoxy) is 1. The molecule has 4 rings (SSSR count). The topological polar surface area (TPSA) is 83.2 Å². The molecule has 2 amide bonds. The summed E-state index contributed by atoms with van der Waals surface area (Å²) in [5.74, 6) is 1.09.